The van der Waals surface area contributed by atoms with Crippen LogP contribution >= 0.6 is 0 Å². The molecule has 2 saturated heterocycles. The summed E-state index contributed by atoms with van der Waals surface area (Å²) in [6.07, 6.45) is 3.85. The number of ether oxygens (including phenoxy) is 1. The summed E-state index contributed by atoms with van der Waals surface area (Å²) in [5.41, 5.74) is 1.16. The van der Waals surface area contributed by atoms with Crippen LogP contribution in [0.3, 0.4) is 0 Å². The zero-order valence-electron chi connectivity index (χ0n) is 21.5. The predicted molar refractivity (Wildman–Crippen MR) is 137 cm³/mol. The summed E-state index contributed by atoms with van der Waals surface area (Å²) in [5, 5.41) is 2.68. The first-order chi connectivity index (χ1) is 19.3. The molecule has 12 heteroatoms. The number of likely N-dealkylation sites (tertiary alicyclic amines) is 1. The van der Waals surface area contributed by atoms with Crippen LogP contribution in [0.15, 0.2) is 61.2 Å². The Kier molecular flexibility index (Phi) is 8.15. The van der Waals surface area contributed by atoms with Crippen molar-refractivity contribution in [3.05, 3.63) is 89.8 Å². The van der Waals surface area contributed by atoms with E-state index in [1.165, 1.54) is 36.9 Å². The third-order valence-electron chi connectivity index (χ3n) is 7.35. The Morgan fingerprint density at radius 3 is 2.40 bits per heavy atom. The minimum atomic E-state index is -1.49. The molecular weight excluding hydrogens is 527 g/mol. The van der Waals surface area contributed by atoms with Crippen molar-refractivity contribution in [1.82, 2.24) is 24.7 Å². The van der Waals surface area contributed by atoms with E-state index in [1.54, 1.807) is 0 Å². The van der Waals surface area contributed by atoms with Crippen LogP contribution < -0.4 is 5.32 Å². The molecule has 2 aromatic carbocycles. The van der Waals surface area contributed by atoms with E-state index in [0.717, 1.165) is 59.6 Å². The van der Waals surface area contributed by atoms with Gasteiger partial charge in [0.25, 0.3) is 5.91 Å². The van der Waals surface area contributed by atoms with Gasteiger partial charge in [0.1, 0.15) is 18.2 Å². The standard InChI is InChI=1S/C28H28F3N5O4/c29-21-5-2-18(3-6-21)19-8-13-34(14-9-19)12-1-10-33-27(38)36-24(20-4-7-22(30)23(31)16-20)25(40-28(36)39)26(37)35-15-11-32-17-35/h2-7,11,15-17,19,24-25H,1,8-10,12-14H2,(H,33,38). The highest BCUT2D eigenvalue weighted by atomic mass is 19.2. The molecule has 9 nitrogen and oxygen atoms in total. The number of piperidine rings is 1. The Morgan fingerprint density at radius 1 is 1.00 bits per heavy atom. The van der Waals surface area contributed by atoms with Crippen LogP contribution in [-0.2, 0) is 4.74 Å². The number of amides is 3. The van der Waals surface area contributed by atoms with Gasteiger partial charge in [-0.15, -0.1) is 0 Å². The summed E-state index contributed by atoms with van der Waals surface area (Å²) in [6, 6.07) is 7.40. The first-order valence-electron chi connectivity index (χ1n) is 13.0. The number of urea groups is 1. The molecular formula is C28H28F3N5O4. The minimum Gasteiger partial charge on any atom is -0.433 e. The number of hydrogen-bond donors (Lipinski definition) is 1. The molecule has 210 valence electrons. The van der Waals surface area contributed by atoms with Crippen molar-refractivity contribution in [3.8, 4) is 0 Å². The van der Waals surface area contributed by atoms with E-state index in [-0.39, 0.29) is 17.9 Å². The van der Waals surface area contributed by atoms with Gasteiger partial charge in [-0.2, -0.15) is 0 Å². The molecule has 40 heavy (non-hydrogen) atoms. The van der Waals surface area contributed by atoms with Crippen LogP contribution in [0.2, 0.25) is 0 Å². The fraction of sp³-hybridized carbons (Fsp3) is 0.357. The van der Waals surface area contributed by atoms with Crippen LogP contribution in [0.1, 0.15) is 47.1 Å². The fourth-order valence-corrected chi connectivity index (χ4v) is 5.24. The molecule has 2 aliphatic heterocycles. The van der Waals surface area contributed by atoms with Crippen molar-refractivity contribution in [2.24, 2.45) is 0 Å². The zero-order chi connectivity index (χ0) is 28.2. The second-order valence-electron chi connectivity index (χ2n) is 9.85. The van der Waals surface area contributed by atoms with Crippen molar-refractivity contribution >= 4 is 18.0 Å². The summed E-state index contributed by atoms with van der Waals surface area (Å²) in [6.45, 7) is 2.69. The number of nitrogens with zero attached hydrogens (tertiary/aromatic N) is 4. The van der Waals surface area contributed by atoms with Crippen molar-refractivity contribution in [3.63, 3.8) is 0 Å². The maximum absolute atomic E-state index is 14.1. The number of imidazole rings is 1. The van der Waals surface area contributed by atoms with E-state index in [9.17, 15) is 27.6 Å². The molecule has 2 atom stereocenters. The molecule has 0 saturated carbocycles. The molecule has 0 bridgehead atoms. The van der Waals surface area contributed by atoms with Gasteiger partial charge in [0.05, 0.1) is 0 Å². The lowest BCUT2D eigenvalue weighted by atomic mass is 9.89. The number of aromatic nitrogens is 2. The lowest BCUT2D eigenvalue weighted by molar-refractivity contribution is 0.0631. The number of imide groups is 1. The molecule has 3 aromatic rings. The monoisotopic (exact) mass is 555 g/mol. The summed E-state index contributed by atoms with van der Waals surface area (Å²) in [7, 11) is 0. The van der Waals surface area contributed by atoms with Crippen LogP contribution in [0.25, 0.3) is 0 Å². The van der Waals surface area contributed by atoms with Crippen molar-refractivity contribution in [2.75, 3.05) is 26.2 Å². The van der Waals surface area contributed by atoms with Crippen molar-refractivity contribution < 1.29 is 32.3 Å². The highest BCUT2D eigenvalue weighted by molar-refractivity contribution is 5.97. The molecule has 3 amide bonds. The number of carbonyl (C=O) groups is 3. The van der Waals surface area contributed by atoms with Gasteiger partial charge >= 0.3 is 12.1 Å². The van der Waals surface area contributed by atoms with Gasteiger partial charge in [-0.25, -0.2) is 32.6 Å². The summed E-state index contributed by atoms with van der Waals surface area (Å²) >= 11 is 0. The minimum absolute atomic E-state index is 0.0300. The normalized spacial score (nSPS) is 20.0. The number of benzene rings is 2. The topological polar surface area (TPSA) is 96.8 Å². The van der Waals surface area contributed by atoms with Crippen LogP contribution in [0.5, 0.6) is 0 Å². The Labute approximate surface area is 228 Å². The van der Waals surface area contributed by atoms with E-state index < -0.39 is 41.8 Å². The van der Waals surface area contributed by atoms with Crippen molar-refractivity contribution in [2.45, 2.75) is 37.3 Å². The lowest BCUT2D eigenvalue weighted by Gasteiger charge is -2.32. The second-order valence-corrected chi connectivity index (χ2v) is 9.85. The summed E-state index contributed by atoms with van der Waals surface area (Å²) < 4.78 is 47.2. The van der Waals surface area contributed by atoms with E-state index in [0.29, 0.717) is 12.3 Å². The SMILES string of the molecule is O=C(NCCCN1CCC(c2ccc(F)cc2)CC1)N1C(=O)OC(C(=O)n2ccnc2)C1c1ccc(F)c(F)c1. The number of nitrogens with one attached hydrogen (secondary N) is 1. The highest BCUT2D eigenvalue weighted by Gasteiger charge is 2.50. The van der Waals surface area contributed by atoms with E-state index in [1.807, 2.05) is 12.1 Å². The van der Waals surface area contributed by atoms with Gasteiger partial charge in [0.2, 0.25) is 6.10 Å². The Hall–Kier alpha value is -4.19. The first kappa shape index (κ1) is 27.4. The first-order valence-corrected chi connectivity index (χ1v) is 13.0. The van der Waals surface area contributed by atoms with Crippen LogP contribution in [0.4, 0.5) is 22.8 Å². The van der Waals surface area contributed by atoms with Gasteiger partial charge < -0.3 is 15.0 Å². The molecule has 2 fully saturated rings. The molecule has 0 aliphatic carbocycles. The van der Waals surface area contributed by atoms with E-state index in [4.69, 9.17) is 4.74 Å². The third kappa shape index (κ3) is 5.86. The lowest BCUT2D eigenvalue weighted by Crippen LogP contribution is -2.44. The second kappa shape index (κ2) is 11.9. The average Bonchev–Trinajstić information content (AvgIpc) is 3.61. The number of hydrogen-bond acceptors (Lipinski definition) is 6. The van der Waals surface area contributed by atoms with Crippen LogP contribution in [-0.4, -0.2) is 69.7 Å². The smallest absolute Gasteiger partial charge is 0.419 e. The van der Waals surface area contributed by atoms with Crippen molar-refractivity contribution in [1.29, 1.82) is 0 Å². The maximum Gasteiger partial charge on any atom is 0.419 e. The molecule has 2 aliphatic rings. The molecule has 0 spiro atoms. The third-order valence-corrected chi connectivity index (χ3v) is 7.35. The average molecular weight is 556 g/mol. The molecule has 5 rings (SSSR count). The Balaban J connectivity index is 1.18. The highest BCUT2D eigenvalue weighted by Crippen LogP contribution is 2.35. The van der Waals surface area contributed by atoms with Gasteiger partial charge in [0.15, 0.2) is 11.6 Å². The number of carbonyl (C=O) groups excluding carboxylic acids is 3. The maximum atomic E-state index is 14.1. The summed E-state index contributed by atoms with van der Waals surface area (Å²) in [5.74, 6) is -2.86. The largest absolute Gasteiger partial charge is 0.433 e. The van der Waals surface area contributed by atoms with Gasteiger partial charge in [-0.3, -0.25) is 9.36 Å². The molecule has 1 aromatic heterocycles. The van der Waals surface area contributed by atoms with Crippen LogP contribution in [0, 0.1) is 17.5 Å². The van der Waals surface area contributed by atoms with E-state index in [2.05, 4.69) is 15.2 Å². The fourth-order valence-electron chi connectivity index (χ4n) is 5.24. The number of halogens is 3. The Morgan fingerprint density at radius 2 is 1.73 bits per heavy atom. The molecule has 2 unspecified atom stereocenters. The molecule has 0 radical (unpaired) electrons. The molecule has 3 heterocycles. The quantitative estimate of drug-likeness (QED) is 0.432. The number of cyclic esters (lactones) is 1. The summed E-state index contributed by atoms with van der Waals surface area (Å²) in [4.78, 5) is 45.7. The van der Waals surface area contributed by atoms with Gasteiger partial charge in [-0.1, -0.05) is 18.2 Å². The molecule has 1 N–H and O–H groups in total. The van der Waals surface area contributed by atoms with E-state index >= 15 is 0 Å². The predicted octanol–water partition coefficient (Wildman–Crippen LogP) is 4.48. The van der Waals surface area contributed by atoms with Gasteiger partial charge in [-0.05, 0) is 80.2 Å². The van der Waals surface area contributed by atoms with Gasteiger partial charge in [0, 0.05) is 18.9 Å². The number of rotatable bonds is 7. The zero-order valence-corrected chi connectivity index (χ0v) is 21.5. The Bertz CT molecular complexity index is 1360.